The maximum absolute atomic E-state index is 11.5. The summed E-state index contributed by atoms with van der Waals surface area (Å²) in [6.07, 6.45) is 1.56. The molecule has 0 aliphatic carbocycles. The van der Waals surface area contributed by atoms with Gasteiger partial charge in [0.15, 0.2) is 0 Å². The van der Waals surface area contributed by atoms with Crippen molar-refractivity contribution >= 4 is 23.8 Å². The summed E-state index contributed by atoms with van der Waals surface area (Å²) in [6, 6.07) is 16.4. The Labute approximate surface area is 165 Å². The third-order valence-electron chi connectivity index (χ3n) is 3.66. The summed E-state index contributed by atoms with van der Waals surface area (Å²) in [4.78, 5) is 15.7. The summed E-state index contributed by atoms with van der Waals surface area (Å²) < 4.78 is 5.72. The average molecular weight is 392 g/mol. The molecule has 2 N–H and O–H groups in total. The van der Waals surface area contributed by atoms with Crippen LogP contribution in [0.5, 0.6) is 5.75 Å². The third kappa shape index (κ3) is 5.22. The van der Waals surface area contributed by atoms with E-state index in [0.717, 1.165) is 22.9 Å². The number of nitrogens with one attached hydrogen (secondary N) is 1. The van der Waals surface area contributed by atoms with E-state index >= 15 is 0 Å². The van der Waals surface area contributed by atoms with Crippen LogP contribution in [0.3, 0.4) is 0 Å². The lowest BCUT2D eigenvalue weighted by atomic mass is 10.1. The smallest absolute Gasteiger partial charge is 0.342 e. The molecule has 0 atom stereocenters. The fourth-order valence-corrected chi connectivity index (χ4v) is 3.01. The maximum Gasteiger partial charge on any atom is 0.342 e. The van der Waals surface area contributed by atoms with Gasteiger partial charge >= 0.3 is 5.97 Å². The molecule has 0 spiro atoms. The molecule has 140 valence electrons. The highest BCUT2D eigenvalue weighted by Crippen LogP contribution is 2.26. The van der Waals surface area contributed by atoms with Crippen molar-refractivity contribution in [1.29, 1.82) is 5.26 Å². The summed E-state index contributed by atoms with van der Waals surface area (Å²) in [5, 5.41) is 25.2. The molecule has 0 unspecified atom stereocenters. The van der Waals surface area contributed by atoms with Crippen LogP contribution in [0.1, 0.15) is 22.5 Å². The first kappa shape index (κ1) is 19.2. The molecule has 0 aliphatic heterocycles. The summed E-state index contributed by atoms with van der Waals surface area (Å²) in [5.74, 6) is 0.236. The van der Waals surface area contributed by atoms with Crippen molar-refractivity contribution < 1.29 is 14.6 Å². The normalized spacial score (nSPS) is 11.1. The Hall–Kier alpha value is -3.57. The van der Waals surface area contributed by atoms with Crippen LogP contribution < -0.4 is 4.74 Å². The van der Waals surface area contributed by atoms with Gasteiger partial charge in [0.05, 0.1) is 11.6 Å². The molecule has 0 radical (unpaired) electrons. The van der Waals surface area contributed by atoms with Crippen molar-refractivity contribution in [3.63, 3.8) is 0 Å². The molecular weight excluding hydrogens is 376 g/mol. The number of aromatic amines is 1. The van der Waals surface area contributed by atoms with Crippen molar-refractivity contribution in [2.75, 3.05) is 0 Å². The molecule has 3 aromatic rings. The van der Waals surface area contributed by atoms with Gasteiger partial charge in [-0.25, -0.2) is 9.78 Å². The topological polar surface area (TPSA) is 112 Å². The predicted molar refractivity (Wildman–Crippen MR) is 105 cm³/mol. The monoisotopic (exact) mass is 392 g/mol. The highest BCUT2D eigenvalue weighted by molar-refractivity contribution is 8.04. The van der Waals surface area contributed by atoms with Gasteiger partial charge in [-0.05, 0) is 60.2 Å². The number of aromatic nitrogens is 3. The van der Waals surface area contributed by atoms with Gasteiger partial charge in [-0.15, -0.1) is 5.10 Å². The highest BCUT2D eigenvalue weighted by atomic mass is 32.2. The van der Waals surface area contributed by atoms with Crippen LogP contribution in [0, 0.1) is 18.3 Å². The zero-order valence-corrected chi connectivity index (χ0v) is 15.7. The number of ether oxygens (including phenoxy) is 1. The molecule has 0 fully saturated rings. The zero-order chi connectivity index (χ0) is 19.9. The van der Waals surface area contributed by atoms with E-state index in [1.807, 2.05) is 12.1 Å². The van der Waals surface area contributed by atoms with Gasteiger partial charge in [-0.3, -0.25) is 5.10 Å². The lowest BCUT2D eigenvalue weighted by Crippen LogP contribution is -1.97. The van der Waals surface area contributed by atoms with Crippen molar-refractivity contribution in [3.05, 3.63) is 76.0 Å². The summed E-state index contributed by atoms with van der Waals surface area (Å²) >= 11 is 0.981. The van der Waals surface area contributed by atoms with E-state index in [-0.39, 0.29) is 4.91 Å². The number of nitrogens with zero attached hydrogens (tertiary/aromatic N) is 3. The van der Waals surface area contributed by atoms with Crippen LogP contribution in [0.4, 0.5) is 0 Å². The first-order valence-electron chi connectivity index (χ1n) is 8.27. The van der Waals surface area contributed by atoms with Gasteiger partial charge in [0.2, 0.25) is 5.16 Å². The Balaban J connectivity index is 1.65. The molecule has 0 amide bonds. The summed E-state index contributed by atoms with van der Waals surface area (Å²) in [6.45, 7) is 2.12. The quantitative estimate of drug-likeness (QED) is 0.465. The van der Waals surface area contributed by atoms with Crippen LogP contribution in [0.15, 0.2) is 58.6 Å². The Morgan fingerprint density at radius 3 is 2.54 bits per heavy atom. The molecule has 8 heteroatoms. The second-order valence-electron chi connectivity index (χ2n) is 5.79. The maximum atomic E-state index is 11.5. The Morgan fingerprint density at radius 1 is 1.25 bits per heavy atom. The molecule has 1 heterocycles. The minimum atomic E-state index is -1.05. The second-order valence-corrected chi connectivity index (χ2v) is 6.79. The molecule has 1 aromatic heterocycles. The lowest BCUT2D eigenvalue weighted by Gasteiger charge is -2.07. The fraction of sp³-hybridized carbons (Fsp3) is 0.100. The zero-order valence-electron chi connectivity index (χ0n) is 14.9. The Kier molecular flexibility index (Phi) is 6.09. The number of carbonyl (C=O) groups is 1. The van der Waals surface area contributed by atoms with Crippen molar-refractivity contribution in [2.24, 2.45) is 0 Å². The van der Waals surface area contributed by atoms with Gasteiger partial charge in [0, 0.05) is 0 Å². The first-order valence-corrected chi connectivity index (χ1v) is 9.09. The highest BCUT2D eigenvalue weighted by Gasteiger charge is 2.13. The van der Waals surface area contributed by atoms with Gasteiger partial charge in [0.1, 0.15) is 23.1 Å². The molecule has 0 bridgehead atoms. The molecular formula is C20H16N4O3S. The number of hydrogen-bond acceptors (Lipinski definition) is 6. The summed E-state index contributed by atoms with van der Waals surface area (Å²) in [7, 11) is 0. The van der Waals surface area contributed by atoms with Crippen molar-refractivity contribution in [2.45, 2.75) is 18.7 Å². The van der Waals surface area contributed by atoms with E-state index in [9.17, 15) is 9.90 Å². The van der Waals surface area contributed by atoms with Crippen LogP contribution in [0.25, 0.3) is 6.08 Å². The number of hydrogen-bond donors (Lipinski definition) is 2. The van der Waals surface area contributed by atoms with Crippen molar-refractivity contribution in [1.82, 2.24) is 15.2 Å². The fourth-order valence-electron chi connectivity index (χ4n) is 2.25. The number of rotatable bonds is 7. The Bertz CT molecular complexity index is 1030. The third-order valence-corrected chi connectivity index (χ3v) is 4.53. The number of benzene rings is 2. The molecule has 0 aliphatic rings. The number of carboxylic acids is 1. The number of aryl methyl sites for hydroxylation is 1. The SMILES string of the molecule is Cc1nc(S/C(=C\c2ccc(OCc3ccc(C#N)cc3)cc2)C(=O)O)n[nH]1. The molecule has 3 rings (SSSR count). The molecule has 28 heavy (non-hydrogen) atoms. The van der Waals surface area contributed by atoms with E-state index in [1.54, 1.807) is 49.4 Å². The number of nitriles is 1. The van der Waals surface area contributed by atoms with E-state index in [4.69, 9.17) is 10.00 Å². The van der Waals surface area contributed by atoms with Gasteiger partial charge in [-0.2, -0.15) is 5.26 Å². The largest absolute Gasteiger partial charge is 0.489 e. The van der Waals surface area contributed by atoms with Crippen molar-refractivity contribution in [3.8, 4) is 11.8 Å². The van der Waals surface area contributed by atoms with Gasteiger partial charge in [0.25, 0.3) is 0 Å². The van der Waals surface area contributed by atoms with Crippen LogP contribution >= 0.6 is 11.8 Å². The number of thioether (sulfide) groups is 1. The lowest BCUT2D eigenvalue weighted by molar-refractivity contribution is -0.131. The minimum absolute atomic E-state index is 0.116. The summed E-state index contributed by atoms with van der Waals surface area (Å²) in [5.41, 5.74) is 2.28. The Morgan fingerprint density at radius 2 is 1.96 bits per heavy atom. The molecule has 7 nitrogen and oxygen atoms in total. The predicted octanol–water partition coefficient (Wildman–Crippen LogP) is 3.78. The van der Waals surface area contributed by atoms with Gasteiger partial charge in [-0.1, -0.05) is 24.3 Å². The van der Waals surface area contributed by atoms with Crippen LogP contribution in [-0.2, 0) is 11.4 Å². The van der Waals surface area contributed by atoms with Crippen LogP contribution in [0.2, 0.25) is 0 Å². The average Bonchev–Trinajstić information content (AvgIpc) is 3.12. The molecule has 0 saturated heterocycles. The van der Waals surface area contributed by atoms with E-state index in [2.05, 4.69) is 21.3 Å². The molecule has 0 saturated carbocycles. The van der Waals surface area contributed by atoms with Gasteiger partial charge < -0.3 is 9.84 Å². The number of H-pyrrole nitrogens is 1. The minimum Gasteiger partial charge on any atom is -0.489 e. The standard InChI is InChI=1S/C20H16N4O3S/c1-13-22-20(24-23-13)28-18(19(25)26)10-14-6-8-17(9-7-14)27-12-16-4-2-15(11-21)3-5-16/h2-10H,12H2,1H3,(H,25,26)(H,22,23,24)/b18-10-. The van der Waals surface area contributed by atoms with E-state index in [1.165, 1.54) is 0 Å². The van der Waals surface area contributed by atoms with E-state index in [0.29, 0.717) is 28.9 Å². The number of carboxylic acid groups (broad SMARTS) is 1. The molecule has 2 aromatic carbocycles. The first-order chi connectivity index (χ1) is 13.5. The second kappa shape index (κ2) is 8.88. The van der Waals surface area contributed by atoms with E-state index < -0.39 is 5.97 Å². The van der Waals surface area contributed by atoms with Crippen LogP contribution in [-0.4, -0.2) is 26.3 Å². The number of aliphatic carboxylic acids is 1.